The molecule has 2 heteroatoms. The molecule has 1 nitrogen and oxygen atoms in total. The molecule has 114 valence electrons. The Hall–Kier alpha value is -0.550. The number of rotatable bonds is 1. The van der Waals surface area contributed by atoms with E-state index in [9.17, 15) is 0 Å². The van der Waals surface area contributed by atoms with Gasteiger partial charge in [-0.25, -0.2) is 0 Å². The van der Waals surface area contributed by atoms with Crippen molar-refractivity contribution in [3.05, 3.63) is 23.3 Å². The van der Waals surface area contributed by atoms with Crippen LogP contribution in [0.25, 0.3) is 0 Å². The van der Waals surface area contributed by atoms with Gasteiger partial charge < -0.3 is 4.74 Å². The van der Waals surface area contributed by atoms with Crippen molar-refractivity contribution in [2.75, 3.05) is 0 Å². The maximum atomic E-state index is 6.18. The van der Waals surface area contributed by atoms with Crippen LogP contribution in [0.2, 0.25) is 0 Å². The second-order valence-electron chi connectivity index (χ2n) is 8.65. The third-order valence-electron chi connectivity index (χ3n) is 3.23. The van der Waals surface area contributed by atoms with Gasteiger partial charge in [0.1, 0.15) is 11.4 Å². The van der Waals surface area contributed by atoms with E-state index < -0.39 is 0 Å². The summed E-state index contributed by atoms with van der Waals surface area (Å²) in [5, 5.41) is 1.18. The molecule has 0 heterocycles. The molecule has 0 aliphatic heterocycles. The van der Waals surface area contributed by atoms with Crippen molar-refractivity contribution in [2.24, 2.45) is 0 Å². The smallest absolute Gasteiger partial charge is 0.127 e. The summed E-state index contributed by atoms with van der Waals surface area (Å²) in [5.41, 5.74) is 2.71. The summed E-state index contributed by atoms with van der Waals surface area (Å²) in [4.78, 5) is 0. The third-order valence-corrected chi connectivity index (χ3v) is 3.83. The number of hydrogen-bond donors (Lipinski definition) is 0. The quantitative estimate of drug-likeness (QED) is 0.665. The van der Waals surface area contributed by atoms with Crippen molar-refractivity contribution in [2.45, 2.75) is 78.7 Å². The zero-order valence-electron chi connectivity index (χ0n) is 14.6. The van der Waals surface area contributed by atoms with Crippen LogP contribution in [0.15, 0.2) is 12.1 Å². The van der Waals surface area contributed by atoms with Gasteiger partial charge in [0, 0.05) is 5.30 Å². The highest BCUT2D eigenvalue weighted by Gasteiger charge is 2.25. The Labute approximate surface area is 127 Å². The van der Waals surface area contributed by atoms with E-state index in [4.69, 9.17) is 4.74 Å². The van der Waals surface area contributed by atoms with Crippen molar-refractivity contribution in [1.82, 2.24) is 0 Å². The maximum Gasteiger partial charge on any atom is 0.127 e. The predicted molar refractivity (Wildman–Crippen MR) is 93.6 cm³/mol. The lowest BCUT2D eigenvalue weighted by molar-refractivity contribution is 0.132. The van der Waals surface area contributed by atoms with E-state index in [1.165, 1.54) is 16.4 Å². The van der Waals surface area contributed by atoms with Crippen LogP contribution in [-0.2, 0) is 10.8 Å². The van der Waals surface area contributed by atoms with Crippen molar-refractivity contribution in [1.29, 1.82) is 0 Å². The average Bonchev–Trinajstić information content (AvgIpc) is 2.15. The summed E-state index contributed by atoms with van der Waals surface area (Å²) < 4.78 is 6.18. The Morgan fingerprint density at radius 2 is 1.30 bits per heavy atom. The van der Waals surface area contributed by atoms with Gasteiger partial charge in [-0.2, -0.15) is 0 Å². The van der Waals surface area contributed by atoms with Crippen LogP contribution in [0.4, 0.5) is 0 Å². The van der Waals surface area contributed by atoms with E-state index >= 15 is 0 Å². The van der Waals surface area contributed by atoms with Gasteiger partial charge in [0.2, 0.25) is 0 Å². The van der Waals surface area contributed by atoms with E-state index in [1.807, 2.05) is 0 Å². The largest absolute Gasteiger partial charge is 0.487 e. The fourth-order valence-corrected chi connectivity index (χ4v) is 2.75. The summed E-state index contributed by atoms with van der Waals surface area (Å²) in [6.07, 6.45) is 0. The van der Waals surface area contributed by atoms with Crippen LogP contribution in [0.3, 0.4) is 0 Å². The van der Waals surface area contributed by atoms with Crippen LogP contribution in [0.5, 0.6) is 5.75 Å². The molecule has 0 fully saturated rings. The molecule has 0 saturated heterocycles. The Bertz CT molecular complexity index is 482. The first-order valence-electron chi connectivity index (χ1n) is 7.35. The molecule has 0 aromatic heterocycles. The van der Waals surface area contributed by atoms with E-state index in [0.717, 1.165) is 5.75 Å². The van der Waals surface area contributed by atoms with E-state index in [0.29, 0.717) is 0 Å². The molecular formula is C18H31OP. The average molecular weight is 294 g/mol. The lowest BCUT2D eigenvalue weighted by Gasteiger charge is -2.30. The molecule has 0 N–H and O–H groups in total. The van der Waals surface area contributed by atoms with Crippen LogP contribution in [0, 0.1) is 0 Å². The van der Waals surface area contributed by atoms with Crippen LogP contribution in [-0.4, -0.2) is 5.60 Å². The fourth-order valence-electron chi connectivity index (χ4n) is 2.09. The van der Waals surface area contributed by atoms with Gasteiger partial charge in [-0.05, 0) is 48.8 Å². The first-order chi connectivity index (χ1) is 8.72. The van der Waals surface area contributed by atoms with Gasteiger partial charge in [-0.1, -0.05) is 47.6 Å². The molecule has 0 aliphatic rings. The minimum absolute atomic E-state index is 0.105. The van der Waals surface area contributed by atoms with Crippen LogP contribution < -0.4 is 10.0 Å². The Morgan fingerprint density at radius 1 is 0.800 bits per heavy atom. The van der Waals surface area contributed by atoms with Crippen LogP contribution >= 0.6 is 9.24 Å². The molecule has 0 bridgehead atoms. The first kappa shape index (κ1) is 17.5. The van der Waals surface area contributed by atoms with E-state index in [1.54, 1.807) is 0 Å². The molecule has 0 amide bonds. The summed E-state index contributed by atoms with van der Waals surface area (Å²) in [6, 6.07) is 4.53. The molecule has 1 unspecified atom stereocenters. The number of benzene rings is 1. The normalized spacial score (nSPS) is 13.5. The van der Waals surface area contributed by atoms with Gasteiger partial charge in [0.15, 0.2) is 0 Å². The van der Waals surface area contributed by atoms with E-state index in [2.05, 4.69) is 83.7 Å². The summed E-state index contributed by atoms with van der Waals surface area (Å²) in [6.45, 7) is 19.8. The minimum atomic E-state index is -0.184. The Balaban J connectivity index is 3.51. The monoisotopic (exact) mass is 294 g/mol. The zero-order chi connectivity index (χ0) is 15.9. The Morgan fingerprint density at radius 3 is 1.65 bits per heavy atom. The highest BCUT2D eigenvalue weighted by Crippen LogP contribution is 2.33. The van der Waals surface area contributed by atoms with E-state index in [-0.39, 0.29) is 16.4 Å². The third kappa shape index (κ3) is 4.48. The highest BCUT2D eigenvalue weighted by atomic mass is 31.0. The first-order valence-corrected chi connectivity index (χ1v) is 7.93. The van der Waals surface area contributed by atoms with Gasteiger partial charge in [0.05, 0.1) is 0 Å². The lowest BCUT2D eigenvalue weighted by atomic mass is 9.80. The molecular weight excluding hydrogens is 263 g/mol. The second kappa shape index (κ2) is 5.34. The molecule has 0 radical (unpaired) electrons. The predicted octanol–water partition coefficient (Wildman–Crippen LogP) is 4.96. The summed E-state index contributed by atoms with van der Waals surface area (Å²) >= 11 is 0. The molecule has 1 atom stereocenters. The molecule has 1 rings (SSSR count). The zero-order valence-corrected chi connectivity index (χ0v) is 15.8. The SMILES string of the molecule is CC(C)(C)Oc1cc(C(C)(C)C)cc(C(C)(C)C)c1P. The second-order valence-corrected chi connectivity index (χ2v) is 9.23. The van der Waals surface area contributed by atoms with Crippen molar-refractivity contribution < 1.29 is 4.74 Å². The molecule has 0 aliphatic carbocycles. The van der Waals surface area contributed by atoms with Crippen molar-refractivity contribution in [3.63, 3.8) is 0 Å². The van der Waals surface area contributed by atoms with Crippen LogP contribution in [0.1, 0.15) is 73.4 Å². The molecule has 0 saturated carbocycles. The number of ether oxygens (including phenoxy) is 1. The topological polar surface area (TPSA) is 9.23 Å². The summed E-state index contributed by atoms with van der Waals surface area (Å²) in [7, 11) is 2.87. The fraction of sp³-hybridized carbons (Fsp3) is 0.667. The van der Waals surface area contributed by atoms with Crippen molar-refractivity contribution in [3.8, 4) is 5.75 Å². The number of hydrogen-bond acceptors (Lipinski definition) is 1. The standard InChI is InChI=1S/C18H31OP/c1-16(2,3)12-10-13(17(4,5)6)15(20)14(11-12)19-18(7,8)9/h10-11H,20H2,1-9H3. The van der Waals surface area contributed by atoms with Gasteiger partial charge >= 0.3 is 0 Å². The van der Waals surface area contributed by atoms with Gasteiger partial charge in [-0.15, -0.1) is 9.24 Å². The minimum Gasteiger partial charge on any atom is -0.487 e. The molecule has 1 aromatic carbocycles. The van der Waals surface area contributed by atoms with Gasteiger partial charge in [0.25, 0.3) is 0 Å². The molecule has 20 heavy (non-hydrogen) atoms. The maximum absolute atomic E-state index is 6.18. The highest BCUT2D eigenvalue weighted by molar-refractivity contribution is 7.28. The molecule has 1 aromatic rings. The summed E-state index contributed by atoms with van der Waals surface area (Å²) in [5.74, 6) is 0.986. The lowest BCUT2D eigenvalue weighted by Crippen LogP contribution is -2.29. The Kier molecular flexibility index (Phi) is 4.67. The molecule has 0 spiro atoms. The van der Waals surface area contributed by atoms with Crippen molar-refractivity contribution >= 4 is 14.5 Å². The van der Waals surface area contributed by atoms with Gasteiger partial charge in [-0.3, -0.25) is 0 Å².